The maximum Gasteiger partial charge on any atom is 0.254 e. The molecule has 1 heterocycles. The van der Waals surface area contributed by atoms with Crippen LogP contribution in [0.5, 0.6) is 0 Å². The Morgan fingerprint density at radius 3 is 3.00 bits per heavy atom. The molecule has 0 spiro atoms. The van der Waals surface area contributed by atoms with E-state index in [9.17, 15) is 9.18 Å². The zero-order chi connectivity index (χ0) is 13.2. The average molecular weight is 263 g/mol. The van der Waals surface area contributed by atoms with Crippen molar-refractivity contribution in [3.8, 4) is 0 Å². The predicted molar refractivity (Wildman–Crippen MR) is 69.4 cm³/mol. The fraction of sp³-hybridized carbons (Fsp3) is 0.533. The molecule has 1 amide bonds. The van der Waals surface area contributed by atoms with Crippen molar-refractivity contribution in [3.63, 3.8) is 0 Å². The normalized spacial score (nSPS) is 26.9. The van der Waals surface area contributed by atoms with E-state index in [2.05, 4.69) is 0 Å². The van der Waals surface area contributed by atoms with Gasteiger partial charge in [-0.3, -0.25) is 4.79 Å². The molecule has 1 saturated heterocycles. The highest BCUT2D eigenvalue weighted by atomic mass is 19.1. The zero-order valence-electron chi connectivity index (χ0n) is 10.8. The van der Waals surface area contributed by atoms with Gasteiger partial charge in [0.1, 0.15) is 5.82 Å². The third-order valence-corrected chi connectivity index (χ3v) is 4.06. The molecule has 0 N–H and O–H groups in total. The number of halogens is 1. The summed E-state index contributed by atoms with van der Waals surface area (Å²) >= 11 is 0. The van der Waals surface area contributed by atoms with Gasteiger partial charge in [0.2, 0.25) is 0 Å². The maximum absolute atomic E-state index is 13.2. The molecule has 1 aromatic carbocycles. The number of fused-ring (bicyclic) bond motifs is 1. The Labute approximate surface area is 112 Å². The van der Waals surface area contributed by atoms with Crippen molar-refractivity contribution in [2.75, 3.05) is 13.2 Å². The molecule has 2 unspecified atom stereocenters. The topological polar surface area (TPSA) is 29.5 Å². The van der Waals surface area contributed by atoms with E-state index in [0.29, 0.717) is 18.7 Å². The minimum absolute atomic E-state index is 0.0697. The smallest absolute Gasteiger partial charge is 0.254 e. The number of ether oxygens (including phenoxy) is 1. The SMILES string of the molecule is O=C(c1cccc(F)c1)N1CCOC2CCCCC21. The second-order valence-electron chi connectivity index (χ2n) is 5.27. The number of morpholine rings is 1. The van der Waals surface area contributed by atoms with Gasteiger partial charge in [-0.05, 0) is 31.0 Å². The predicted octanol–water partition coefficient (Wildman–Crippen LogP) is 2.61. The van der Waals surface area contributed by atoms with Crippen molar-refractivity contribution >= 4 is 5.91 Å². The van der Waals surface area contributed by atoms with Crippen LogP contribution >= 0.6 is 0 Å². The Morgan fingerprint density at radius 2 is 2.16 bits per heavy atom. The van der Waals surface area contributed by atoms with Gasteiger partial charge < -0.3 is 9.64 Å². The fourth-order valence-electron chi connectivity index (χ4n) is 3.14. The van der Waals surface area contributed by atoms with Gasteiger partial charge in [0, 0.05) is 12.1 Å². The number of carbonyl (C=O) groups excluding carboxylic acids is 1. The molecule has 0 aromatic heterocycles. The molecular weight excluding hydrogens is 245 g/mol. The van der Waals surface area contributed by atoms with E-state index >= 15 is 0 Å². The standard InChI is InChI=1S/C15H18FNO2/c16-12-5-3-4-11(10-12)15(18)17-8-9-19-14-7-2-1-6-13(14)17/h3-5,10,13-14H,1-2,6-9H2. The molecule has 102 valence electrons. The minimum Gasteiger partial charge on any atom is -0.374 e. The largest absolute Gasteiger partial charge is 0.374 e. The number of amides is 1. The van der Waals surface area contributed by atoms with Crippen molar-refractivity contribution in [1.82, 2.24) is 4.90 Å². The van der Waals surface area contributed by atoms with Gasteiger partial charge in [0.25, 0.3) is 5.91 Å². The van der Waals surface area contributed by atoms with Gasteiger partial charge >= 0.3 is 0 Å². The van der Waals surface area contributed by atoms with Gasteiger partial charge in [-0.2, -0.15) is 0 Å². The number of hydrogen-bond acceptors (Lipinski definition) is 2. The van der Waals surface area contributed by atoms with Crippen LogP contribution < -0.4 is 0 Å². The summed E-state index contributed by atoms with van der Waals surface area (Å²) in [4.78, 5) is 14.4. The summed E-state index contributed by atoms with van der Waals surface area (Å²) in [5.74, 6) is -0.431. The number of benzene rings is 1. The van der Waals surface area contributed by atoms with Crippen LogP contribution in [0.25, 0.3) is 0 Å². The summed E-state index contributed by atoms with van der Waals surface area (Å²) in [5.41, 5.74) is 0.436. The average Bonchev–Trinajstić information content (AvgIpc) is 2.46. The molecule has 2 atom stereocenters. The molecule has 4 heteroatoms. The van der Waals surface area contributed by atoms with Crippen LogP contribution in [0.1, 0.15) is 36.0 Å². The third-order valence-electron chi connectivity index (χ3n) is 4.06. The van der Waals surface area contributed by atoms with E-state index in [4.69, 9.17) is 4.74 Å². The Kier molecular flexibility index (Phi) is 3.51. The van der Waals surface area contributed by atoms with Crippen LogP contribution in [-0.2, 0) is 4.74 Å². The molecule has 2 fully saturated rings. The van der Waals surface area contributed by atoms with Crippen LogP contribution in [0.2, 0.25) is 0 Å². The van der Waals surface area contributed by atoms with Gasteiger partial charge in [0.05, 0.1) is 18.8 Å². The van der Waals surface area contributed by atoms with Crippen LogP contribution in [0, 0.1) is 5.82 Å². The Bertz CT molecular complexity index is 475. The third kappa shape index (κ3) is 2.50. The van der Waals surface area contributed by atoms with Crippen LogP contribution in [0.3, 0.4) is 0 Å². The number of nitrogens with zero attached hydrogens (tertiary/aromatic N) is 1. The molecule has 1 saturated carbocycles. The molecule has 1 aliphatic carbocycles. The minimum atomic E-state index is -0.362. The molecule has 3 rings (SSSR count). The van der Waals surface area contributed by atoms with E-state index < -0.39 is 0 Å². The van der Waals surface area contributed by atoms with E-state index in [1.54, 1.807) is 12.1 Å². The molecule has 1 aromatic rings. The van der Waals surface area contributed by atoms with Gasteiger partial charge in [0.15, 0.2) is 0 Å². The Balaban J connectivity index is 1.82. The first-order chi connectivity index (χ1) is 9.25. The highest BCUT2D eigenvalue weighted by molar-refractivity contribution is 5.94. The summed E-state index contributed by atoms with van der Waals surface area (Å²) in [7, 11) is 0. The highest BCUT2D eigenvalue weighted by Crippen LogP contribution is 2.29. The number of rotatable bonds is 1. The van der Waals surface area contributed by atoms with Crippen molar-refractivity contribution in [1.29, 1.82) is 0 Å². The van der Waals surface area contributed by atoms with Crippen molar-refractivity contribution in [2.45, 2.75) is 37.8 Å². The van der Waals surface area contributed by atoms with E-state index in [1.165, 1.54) is 18.6 Å². The lowest BCUT2D eigenvalue weighted by Gasteiger charge is -2.43. The Hall–Kier alpha value is -1.42. The quantitative estimate of drug-likeness (QED) is 0.779. The molecule has 0 bridgehead atoms. The van der Waals surface area contributed by atoms with Crippen LogP contribution in [0.4, 0.5) is 4.39 Å². The van der Waals surface area contributed by atoms with Crippen LogP contribution in [-0.4, -0.2) is 36.1 Å². The molecule has 0 radical (unpaired) electrons. The fourth-order valence-corrected chi connectivity index (χ4v) is 3.14. The van der Waals surface area contributed by atoms with Gasteiger partial charge in [-0.15, -0.1) is 0 Å². The first-order valence-electron chi connectivity index (χ1n) is 6.94. The molecular formula is C15H18FNO2. The van der Waals surface area contributed by atoms with Gasteiger partial charge in [-0.25, -0.2) is 4.39 Å². The van der Waals surface area contributed by atoms with E-state index in [0.717, 1.165) is 19.3 Å². The first kappa shape index (κ1) is 12.6. The molecule has 3 nitrogen and oxygen atoms in total. The van der Waals surface area contributed by atoms with Crippen molar-refractivity contribution < 1.29 is 13.9 Å². The summed E-state index contributed by atoms with van der Waals surface area (Å²) in [6.45, 7) is 1.19. The summed E-state index contributed by atoms with van der Waals surface area (Å²) in [6, 6.07) is 6.10. The second kappa shape index (κ2) is 5.29. The van der Waals surface area contributed by atoms with E-state index in [1.807, 2.05) is 4.90 Å². The van der Waals surface area contributed by atoms with E-state index in [-0.39, 0.29) is 23.9 Å². The first-order valence-corrected chi connectivity index (χ1v) is 6.94. The zero-order valence-corrected chi connectivity index (χ0v) is 10.8. The lowest BCUT2D eigenvalue weighted by atomic mass is 9.89. The maximum atomic E-state index is 13.2. The second-order valence-corrected chi connectivity index (χ2v) is 5.27. The number of hydrogen-bond donors (Lipinski definition) is 0. The summed E-state index contributed by atoms with van der Waals surface area (Å²) in [6.07, 6.45) is 4.49. The van der Waals surface area contributed by atoms with Crippen LogP contribution in [0.15, 0.2) is 24.3 Å². The molecule has 1 aliphatic heterocycles. The van der Waals surface area contributed by atoms with Crippen molar-refractivity contribution in [3.05, 3.63) is 35.6 Å². The summed E-state index contributed by atoms with van der Waals surface area (Å²) in [5, 5.41) is 0. The molecule has 2 aliphatic rings. The Morgan fingerprint density at radius 1 is 1.32 bits per heavy atom. The van der Waals surface area contributed by atoms with Gasteiger partial charge in [-0.1, -0.05) is 18.9 Å². The highest BCUT2D eigenvalue weighted by Gasteiger charge is 2.36. The molecule has 19 heavy (non-hydrogen) atoms. The lowest BCUT2D eigenvalue weighted by Crippen LogP contribution is -2.54. The lowest BCUT2D eigenvalue weighted by molar-refractivity contribution is -0.0752. The number of carbonyl (C=O) groups is 1. The summed E-state index contributed by atoms with van der Waals surface area (Å²) < 4.78 is 19.0. The van der Waals surface area contributed by atoms with Crippen molar-refractivity contribution in [2.24, 2.45) is 0 Å². The monoisotopic (exact) mass is 263 g/mol.